The van der Waals surface area contributed by atoms with Crippen LogP contribution < -0.4 is 5.32 Å². The van der Waals surface area contributed by atoms with Crippen molar-refractivity contribution in [2.45, 2.75) is 19.8 Å². The molecule has 1 aromatic rings. The Labute approximate surface area is 86.9 Å². The largest absolute Gasteiger partial charge is 0.356 e. The summed E-state index contributed by atoms with van der Waals surface area (Å²) in [5, 5.41) is 2.81. The Balaban J connectivity index is 2.36. The van der Waals surface area contributed by atoms with Crippen LogP contribution in [0, 0.1) is 0 Å². The summed E-state index contributed by atoms with van der Waals surface area (Å²) in [6, 6.07) is 3.70. The number of carbonyl (C=O) groups is 1. The van der Waals surface area contributed by atoms with E-state index in [1.807, 2.05) is 19.1 Å². The quantitative estimate of drug-likeness (QED) is 0.825. The lowest BCUT2D eigenvalue weighted by atomic mass is 10.3. The van der Waals surface area contributed by atoms with Crippen molar-refractivity contribution >= 4 is 28.8 Å². The zero-order valence-electron chi connectivity index (χ0n) is 7.47. The number of rotatable bonds is 4. The normalized spacial score (nSPS) is 10.0. The second-order valence-corrected chi connectivity index (χ2v) is 4.53. The van der Waals surface area contributed by atoms with Crippen LogP contribution in [0.3, 0.4) is 0 Å². The molecule has 0 bridgehead atoms. The smallest absolute Gasteiger partial charge is 0.225 e. The van der Waals surface area contributed by atoms with Crippen LogP contribution in [-0.4, -0.2) is 12.5 Å². The Hall–Kier alpha value is -0.540. The van der Waals surface area contributed by atoms with Crippen LogP contribution in [0.2, 0.25) is 4.34 Å². The highest BCUT2D eigenvalue weighted by Gasteiger charge is 2.04. The molecule has 0 fully saturated rings. The minimum Gasteiger partial charge on any atom is -0.356 e. The highest BCUT2D eigenvalue weighted by molar-refractivity contribution is 7.16. The van der Waals surface area contributed by atoms with E-state index in [9.17, 15) is 4.79 Å². The van der Waals surface area contributed by atoms with Crippen molar-refractivity contribution in [1.29, 1.82) is 0 Å². The first-order valence-corrected chi connectivity index (χ1v) is 5.42. The van der Waals surface area contributed by atoms with Gasteiger partial charge in [0.05, 0.1) is 10.8 Å². The summed E-state index contributed by atoms with van der Waals surface area (Å²) in [6.07, 6.45) is 1.41. The average Bonchev–Trinajstić information content (AvgIpc) is 2.48. The maximum absolute atomic E-state index is 11.2. The first-order valence-electron chi connectivity index (χ1n) is 4.23. The zero-order valence-corrected chi connectivity index (χ0v) is 9.04. The van der Waals surface area contributed by atoms with Gasteiger partial charge in [-0.1, -0.05) is 18.5 Å². The minimum absolute atomic E-state index is 0.0698. The number of hydrogen-bond acceptors (Lipinski definition) is 2. The van der Waals surface area contributed by atoms with Crippen molar-refractivity contribution in [3.8, 4) is 0 Å². The van der Waals surface area contributed by atoms with E-state index in [-0.39, 0.29) is 5.91 Å². The van der Waals surface area contributed by atoms with Crippen LogP contribution in [-0.2, 0) is 11.2 Å². The first-order chi connectivity index (χ1) is 6.22. The van der Waals surface area contributed by atoms with Gasteiger partial charge in [-0.15, -0.1) is 11.3 Å². The van der Waals surface area contributed by atoms with Crippen molar-refractivity contribution in [2.75, 3.05) is 6.54 Å². The number of hydrogen-bond donors (Lipinski definition) is 1. The SMILES string of the molecule is CCCNC(=O)Cc1ccc(Cl)s1. The molecule has 0 saturated heterocycles. The summed E-state index contributed by atoms with van der Waals surface area (Å²) in [7, 11) is 0. The van der Waals surface area contributed by atoms with Gasteiger partial charge in [0.1, 0.15) is 0 Å². The molecule has 4 heteroatoms. The number of thiophene rings is 1. The van der Waals surface area contributed by atoms with Crippen molar-refractivity contribution in [3.63, 3.8) is 0 Å². The number of nitrogens with one attached hydrogen (secondary N) is 1. The Morgan fingerprint density at radius 1 is 1.62 bits per heavy atom. The van der Waals surface area contributed by atoms with Gasteiger partial charge in [-0.3, -0.25) is 4.79 Å². The fourth-order valence-corrected chi connectivity index (χ4v) is 2.02. The summed E-state index contributed by atoms with van der Waals surface area (Å²) in [5.74, 6) is 0.0698. The van der Waals surface area contributed by atoms with Crippen molar-refractivity contribution < 1.29 is 4.79 Å². The fourth-order valence-electron chi connectivity index (χ4n) is 0.932. The zero-order chi connectivity index (χ0) is 9.68. The number of amides is 1. The highest BCUT2D eigenvalue weighted by atomic mass is 35.5. The molecule has 0 spiro atoms. The van der Waals surface area contributed by atoms with Crippen LogP contribution in [0.5, 0.6) is 0 Å². The third kappa shape index (κ3) is 3.79. The van der Waals surface area contributed by atoms with Crippen LogP contribution >= 0.6 is 22.9 Å². The van der Waals surface area contributed by atoms with E-state index in [0.29, 0.717) is 6.42 Å². The fraction of sp³-hybridized carbons (Fsp3) is 0.444. The number of carbonyl (C=O) groups excluding carboxylic acids is 1. The molecule has 0 aliphatic carbocycles. The Kier molecular flexibility index (Phi) is 4.25. The van der Waals surface area contributed by atoms with Crippen molar-refractivity contribution in [3.05, 3.63) is 21.3 Å². The molecule has 1 heterocycles. The lowest BCUT2D eigenvalue weighted by molar-refractivity contribution is -0.120. The van der Waals surface area contributed by atoms with Gasteiger partial charge in [-0.2, -0.15) is 0 Å². The molecule has 2 nitrogen and oxygen atoms in total. The van der Waals surface area contributed by atoms with Crippen molar-refractivity contribution in [2.24, 2.45) is 0 Å². The molecule has 0 atom stereocenters. The second-order valence-electron chi connectivity index (χ2n) is 2.73. The van der Waals surface area contributed by atoms with E-state index in [2.05, 4.69) is 5.32 Å². The van der Waals surface area contributed by atoms with Gasteiger partial charge in [0.15, 0.2) is 0 Å². The Morgan fingerprint density at radius 3 is 2.92 bits per heavy atom. The lowest BCUT2D eigenvalue weighted by Crippen LogP contribution is -2.25. The highest BCUT2D eigenvalue weighted by Crippen LogP contribution is 2.21. The average molecular weight is 218 g/mol. The topological polar surface area (TPSA) is 29.1 Å². The maximum Gasteiger partial charge on any atom is 0.225 e. The van der Waals surface area contributed by atoms with E-state index in [1.165, 1.54) is 11.3 Å². The van der Waals surface area contributed by atoms with Crippen LogP contribution in [0.4, 0.5) is 0 Å². The monoisotopic (exact) mass is 217 g/mol. The predicted octanol–water partition coefficient (Wildman–Crippen LogP) is 2.47. The molecule has 13 heavy (non-hydrogen) atoms. The van der Waals surface area contributed by atoms with Gasteiger partial charge >= 0.3 is 0 Å². The van der Waals surface area contributed by atoms with E-state index in [4.69, 9.17) is 11.6 Å². The van der Waals surface area contributed by atoms with Gasteiger partial charge in [0.2, 0.25) is 5.91 Å². The summed E-state index contributed by atoms with van der Waals surface area (Å²) in [6.45, 7) is 2.78. The van der Waals surface area contributed by atoms with Gasteiger partial charge in [0.25, 0.3) is 0 Å². The van der Waals surface area contributed by atoms with Crippen LogP contribution in [0.25, 0.3) is 0 Å². The third-order valence-electron chi connectivity index (χ3n) is 1.54. The van der Waals surface area contributed by atoms with Gasteiger partial charge in [-0.25, -0.2) is 0 Å². The Morgan fingerprint density at radius 2 is 2.38 bits per heavy atom. The third-order valence-corrected chi connectivity index (χ3v) is 2.77. The molecule has 0 aliphatic rings. The molecular weight excluding hydrogens is 206 g/mol. The van der Waals surface area contributed by atoms with E-state index in [0.717, 1.165) is 22.2 Å². The molecule has 1 amide bonds. The second kappa shape index (κ2) is 5.25. The first kappa shape index (κ1) is 10.5. The molecule has 0 saturated carbocycles. The summed E-state index contributed by atoms with van der Waals surface area (Å²) >= 11 is 7.19. The number of halogens is 1. The molecule has 0 radical (unpaired) electrons. The predicted molar refractivity (Wildman–Crippen MR) is 56.3 cm³/mol. The van der Waals surface area contributed by atoms with E-state index < -0.39 is 0 Å². The standard InChI is InChI=1S/C9H12ClNOS/c1-2-5-11-9(12)6-7-3-4-8(10)13-7/h3-4H,2,5-6H2,1H3,(H,11,12). The van der Waals surface area contributed by atoms with Crippen LogP contribution in [0.1, 0.15) is 18.2 Å². The van der Waals surface area contributed by atoms with Gasteiger partial charge in [-0.05, 0) is 18.6 Å². The summed E-state index contributed by atoms with van der Waals surface area (Å²) in [5.41, 5.74) is 0. The van der Waals surface area contributed by atoms with Gasteiger partial charge in [0, 0.05) is 11.4 Å². The maximum atomic E-state index is 11.2. The summed E-state index contributed by atoms with van der Waals surface area (Å²) in [4.78, 5) is 12.2. The summed E-state index contributed by atoms with van der Waals surface area (Å²) < 4.78 is 0.735. The minimum atomic E-state index is 0.0698. The molecule has 1 rings (SSSR count). The van der Waals surface area contributed by atoms with E-state index >= 15 is 0 Å². The van der Waals surface area contributed by atoms with Gasteiger partial charge < -0.3 is 5.32 Å². The van der Waals surface area contributed by atoms with E-state index in [1.54, 1.807) is 0 Å². The van der Waals surface area contributed by atoms with Crippen molar-refractivity contribution in [1.82, 2.24) is 5.32 Å². The lowest BCUT2D eigenvalue weighted by Gasteiger charge is -2.00. The molecular formula is C9H12ClNOS. The van der Waals surface area contributed by atoms with Crippen LogP contribution in [0.15, 0.2) is 12.1 Å². The molecule has 1 aromatic heterocycles. The molecule has 72 valence electrons. The molecule has 1 N–H and O–H groups in total. The molecule has 0 aromatic carbocycles. The molecule has 0 aliphatic heterocycles. The molecule has 0 unspecified atom stereocenters. The Bertz CT molecular complexity index is 285.